The first-order valence-electron chi connectivity index (χ1n) is 11.3. The van der Waals surface area contributed by atoms with E-state index in [1.54, 1.807) is 12.1 Å². The van der Waals surface area contributed by atoms with Gasteiger partial charge in [0.25, 0.3) is 10.0 Å². The number of thiol groups is 1. The highest BCUT2D eigenvalue weighted by molar-refractivity contribution is 8.06. The Morgan fingerprint density at radius 1 is 1.14 bits per heavy atom. The third-order valence-corrected chi connectivity index (χ3v) is 9.28. The summed E-state index contributed by atoms with van der Waals surface area (Å²) in [7, 11) is -7.14. The molecular weight excluding hydrogens is 528 g/mol. The van der Waals surface area contributed by atoms with Gasteiger partial charge in [-0.15, -0.1) is 3.77 Å². The number of nitrogens with zero attached hydrogens (tertiary/aromatic N) is 3. The molecule has 10 nitrogen and oxygen atoms in total. The van der Waals surface area contributed by atoms with Crippen molar-refractivity contribution in [3.63, 3.8) is 0 Å². The summed E-state index contributed by atoms with van der Waals surface area (Å²) in [5.74, 6) is -0.669. The largest absolute Gasteiger partial charge is 0.493 e. The van der Waals surface area contributed by atoms with Crippen LogP contribution in [0.3, 0.4) is 0 Å². The maximum absolute atomic E-state index is 14.7. The van der Waals surface area contributed by atoms with Gasteiger partial charge in [-0.05, 0) is 36.1 Å². The minimum absolute atomic E-state index is 0.0610. The molecule has 3 aromatic rings. The number of benzene rings is 1. The number of pyridine rings is 2. The van der Waals surface area contributed by atoms with E-state index >= 15 is 0 Å². The van der Waals surface area contributed by atoms with E-state index in [1.807, 2.05) is 0 Å². The second kappa shape index (κ2) is 11.0. The van der Waals surface area contributed by atoms with Crippen LogP contribution < -0.4 is 20.5 Å². The van der Waals surface area contributed by atoms with Crippen LogP contribution in [0.15, 0.2) is 46.4 Å². The Morgan fingerprint density at radius 2 is 1.92 bits per heavy atom. The van der Waals surface area contributed by atoms with Crippen molar-refractivity contribution < 1.29 is 31.2 Å². The van der Waals surface area contributed by atoms with Crippen molar-refractivity contribution in [2.24, 2.45) is 9.50 Å². The summed E-state index contributed by atoms with van der Waals surface area (Å²) in [6.45, 7) is 0.251. The standard InChI is InChI=1S/C23H27F2N5O5S2/c1-36(31,30-37(32,33)8-5-26)14-15-9-22-28-21-12-18(19(25)13-27-21)17-4-3-16(24)11-20(17)34-6-2-7-35-23(10-15)29-22/h3-4,9-13,36H,2,5-8,14,26H2,1H3,(H,30,31)(H,27,28,29). The molecule has 0 aliphatic carbocycles. The van der Waals surface area contributed by atoms with E-state index in [0.717, 1.165) is 6.20 Å². The van der Waals surface area contributed by atoms with Gasteiger partial charge in [0.1, 0.15) is 29.0 Å². The second-order valence-corrected chi connectivity index (χ2v) is 13.2. The van der Waals surface area contributed by atoms with Gasteiger partial charge in [-0.25, -0.2) is 22.2 Å². The van der Waals surface area contributed by atoms with Crippen LogP contribution in [-0.4, -0.2) is 54.7 Å². The smallest absolute Gasteiger partial charge is 0.260 e. The summed E-state index contributed by atoms with van der Waals surface area (Å²) in [4.78, 5) is 8.46. The molecular formula is C23H27F2N5O5S2. The third-order valence-electron chi connectivity index (χ3n) is 5.16. The number of nitrogens with one attached hydrogen (secondary N) is 1. The predicted molar refractivity (Wildman–Crippen MR) is 139 cm³/mol. The first kappa shape index (κ1) is 26.9. The fraction of sp³-hybridized carbons (Fsp3) is 0.304. The fourth-order valence-electron chi connectivity index (χ4n) is 3.72. The average molecular weight is 556 g/mol. The Hall–Kier alpha value is -3.20. The number of rotatable bonds is 5. The molecule has 0 amide bonds. The van der Waals surface area contributed by atoms with Crippen molar-refractivity contribution in [1.29, 1.82) is 0 Å². The first-order valence-corrected chi connectivity index (χ1v) is 15.2. The molecule has 2 aromatic heterocycles. The summed E-state index contributed by atoms with van der Waals surface area (Å²) in [6.07, 6.45) is 2.81. The number of aromatic nitrogens is 2. The molecule has 0 radical (unpaired) electrons. The predicted octanol–water partition coefficient (Wildman–Crippen LogP) is 3.29. The van der Waals surface area contributed by atoms with Crippen molar-refractivity contribution in [2.75, 3.05) is 37.1 Å². The van der Waals surface area contributed by atoms with Crippen LogP contribution >= 0.6 is 0 Å². The molecule has 4 bridgehead atoms. The number of ether oxygens (including phenoxy) is 2. The van der Waals surface area contributed by atoms with Gasteiger partial charge in [0.05, 0.1) is 25.2 Å². The zero-order chi connectivity index (χ0) is 26.6. The van der Waals surface area contributed by atoms with Crippen LogP contribution in [0.2, 0.25) is 0 Å². The number of sulfonamides is 1. The van der Waals surface area contributed by atoms with Crippen LogP contribution in [0.5, 0.6) is 11.6 Å². The molecule has 37 heavy (non-hydrogen) atoms. The third kappa shape index (κ3) is 7.19. The zero-order valence-corrected chi connectivity index (χ0v) is 21.6. The molecule has 0 atom stereocenters. The van der Waals surface area contributed by atoms with Crippen molar-refractivity contribution in [2.45, 2.75) is 12.2 Å². The lowest BCUT2D eigenvalue weighted by molar-refractivity contribution is 0.242. The summed E-state index contributed by atoms with van der Waals surface area (Å²) in [5.41, 5.74) is 6.35. The fourth-order valence-corrected chi connectivity index (χ4v) is 7.60. The van der Waals surface area contributed by atoms with Crippen LogP contribution in [0.4, 0.5) is 20.4 Å². The van der Waals surface area contributed by atoms with Crippen molar-refractivity contribution in [1.82, 2.24) is 9.97 Å². The van der Waals surface area contributed by atoms with Gasteiger partial charge in [-0.2, -0.15) is 4.98 Å². The molecule has 4 rings (SSSR count). The quantitative estimate of drug-likeness (QED) is 0.348. The van der Waals surface area contributed by atoms with Gasteiger partial charge in [-0.1, -0.05) is 10.1 Å². The van der Waals surface area contributed by atoms with E-state index < -0.39 is 31.8 Å². The second-order valence-electron chi connectivity index (χ2n) is 8.47. The van der Waals surface area contributed by atoms with Crippen molar-refractivity contribution >= 4 is 31.8 Å². The topological polar surface area (TPSA) is 149 Å². The van der Waals surface area contributed by atoms with Gasteiger partial charge in [0.15, 0.2) is 0 Å². The molecule has 200 valence electrons. The number of nitrogens with two attached hydrogens (primary N) is 1. The Morgan fingerprint density at radius 3 is 2.70 bits per heavy atom. The Labute approximate surface area is 214 Å². The van der Waals surface area contributed by atoms with Gasteiger partial charge >= 0.3 is 0 Å². The van der Waals surface area contributed by atoms with Crippen LogP contribution in [0.25, 0.3) is 11.1 Å². The number of halogens is 2. The average Bonchev–Trinajstić information content (AvgIpc) is 2.78. The number of hydrogen-bond donors (Lipinski definition) is 4. The lowest BCUT2D eigenvalue weighted by Crippen LogP contribution is -2.19. The molecule has 1 aliphatic heterocycles. The first-order chi connectivity index (χ1) is 17.5. The maximum Gasteiger partial charge on any atom is 0.260 e. The van der Waals surface area contributed by atoms with Crippen molar-refractivity contribution in [3.05, 3.63) is 59.8 Å². The Kier molecular flexibility index (Phi) is 8.02. The lowest BCUT2D eigenvalue weighted by atomic mass is 10.0. The highest BCUT2D eigenvalue weighted by Gasteiger charge is 2.17. The molecule has 4 N–H and O–H groups in total. The summed E-state index contributed by atoms with van der Waals surface area (Å²) in [5, 5.41) is 2.98. The van der Waals surface area contributed by atoms with Crippen LogP contribution in [-0.2, 0) is 25.9 Å². The summed E-state index contributed by atoms with van der Waals surface area (Å²) >= 11 is 0. The van der Waals surface area contributed by atoms with E-state index in [-0.39, 0.29) is 60.1 Å². The maximum atomic E-state index is 14.7. The molecule has 14 heteroatoms. The molecule has 1 aliphatic rings. The van der Waals surface area contributed by atoms with Gasteiger partial charge in [0.2, 0.25) is 5.88 Å². The molecule has 0 fully saturated rings. The molecule has 0 saturated carbocycles. The van der Waals surface area contributed by atoms with Gasteiger partial charge < -0.3 is 25.1 Å². The van der Waals surface area contributed by atoms with Crippen LogP contribution in [0.1, 0.15) is 12.0 Å². The molecule has 0 unspecified atom stereocenters. The summed E-state index contributed by atoms with van der Waals surface area (Å²) in [6, 6.07) is 8.45. The van der Waals surface area contributed by atoms with E-state index in [0.29, 0.717) is 17.5 Å². The highest BCUT2D eigenvalue weighted by atomic mass is 32.3. The van der Waals surface area contributed by atoms with Gasteiger partial charge in [0, 0.05) is 42.0 Å². The van der Waals surface area contributed by atoms with E-state index in [2.05, 4.69) is 19.1 Å². The Balaban J connectivity index is 1.73. The summed E-state index contributed by atoms with van der Waals surface area (Å²) < 4.78 is 78.7. The van der Waals surface area contributed by atoms with E-state index in [9.17, 15) is 21.8 Å². The van der Waals surface area contributed by atoms with Gasteiger partial charge in [-0.3, -0.25) is 0 Å². The normalized spacial score (nSPS) is 14.3. The van der Waals surface area contributed by atoms with E-state index in [1.165, 1.54) is 30.5 Å². The molecule has 3 heterocycles. The molecule has 1 aromatic carbocycles. The minimum atomic E-state index is -3.87. The molecule has 0 spiro atoms. The van der Waals surface area contributed by atoms with E-state index in [4.69, 9.17) is 15.2 Å². The number of anilines is 2. The van der Waals surface area contributed by atoms with Crippen LogP contribution in [0, 0.1) is 11.6 Å². The zero-order valence-electron chi connectivity index (χ0n) is 19.9. The molecule has 0 saturated heterocycles. The number of hydrogen-bond acceptors (Lipinski definition) is 8. The number of fused-ring (bicyclic) bond motifs is 6. The monoisotopic (exact) mass is 555 g/mol. The van der Waals surface area contributed by atoms with Crippen molar-refractivity contribution in [3.8, 4) is 22.8 Å². The Bertz CT molecular complexity index is 1460. The highest BCUT2D eigenvalue weighted by Crippen LogP contribution is 2.34. The lowest BCUT2D eigenvalue weighted by Gasteiger charge is -2.19. The minimum Gasteiger partial charge on any atom is -0.493 e. The SMILES string of the molecule is C[SH](O)(Cc1cc2nc(c1)OCCCOc1cc(F)ccc1-c1cc(ncc1F)N2)=NS(=O)(=O)CCN.